The quantitative estimate of drug-likeness (QED) is 0.751. The van der Waals surface area contributed by atoms with E-state index in [0.29, 0.717) is 5.56 Å². The summed E-state index contributed by atoms with van der Waals surface area (Å²) in [5, 5.41) is 7.15. The third-order valence-corrected chi connectivity index (χ3v) is 4.04. The Labute approximate surface area is 146 Å². The number of hydrogen-bond acceptors (Lipinski definition) is 4. The zero-order chi connectivity index (χ0) is 17.6. The maximum Gasteiger partial charge on any atom is 0.251 e. The second-order valence-corrected chi connectivity index (χ2v) is 5.59. The second-order valence-electron chi connectivity index (χ2n) is 5.59. The van der Waals surface area contributed by atoms with Gasteiger partial charge in [0.15, 0.2) is 0 Å². The first-order valence-electron chi connectivity index (χ1n) is 8.11. The Balaban J connectivity index is 1.71. The highest BCUT2D eigenvalue weighted by Gasteiger charge is 2.14. The van der Waals surface area contributed by atoms with Gasteiger partial charge in [-0.3, -0.25) is 4.79 Å². The van der Waals surface area contributed by atoms with Gasteiger partial charge in [0.1, 0.15) is 18.4 Å². The Morgan fingerprint density at radius 2 is 1.88 bits per heavy atom. The van der Waals surface area contributed by atoms with Gasteiger partial charge in [0.25, 0.3) is 5.91 Å². The van der Waals surface area contributed by atoms with Gasteiger partial charge in [0.2, 0.25) is 0 Å². The Hall–Kier alpha value is -3.15. The van der Waals surface area contributed by atoms with Crippen LogP contribution < -0.4 is 10.1 Å². The predicted octanol–water partition coefficient (Wildman–Crippen LogP) is 3.16. The molecule has 0 saturated heterocycles. The molecule has 0 bridgehead atoms. The fraction of sp³-hybridized carbons (Fsp3) is 0.211. The third kappa shape index (κ3) is 3.85. The van der Waals surface area contributed by atoms with Gasteiger partial charge in [0, 0.05) is 5.56 Å². The van der Waals surface area contributed by atoms with E-state index in [4.69, 9.17) is 4.74 Å². The molecule has 0 aliphatic carbocycles. The second kappa shape index (κ2) is 7.61. The SMILES string of the molecule is CCC(NC(=O)c1ccc(-n2cncn2)cc1)c1ccc(OC)cc1. The van der Waals surface area contributed by atoms with Crippen LogP contribution in [-0.2, 0) is 0 Å². The topological polar surface area (TPSA) is 69.0 Å². The molecule has 25 heavy (non-hydrogen) atoms. The molecule has 3 rings (SSSR count). The number of amides is 1. The van der Waals surface area contributed by atoms with Crippen molar-refractivity contribution in [2.45, 2.75) is 19.4 Å². The number of rotatable bonds is 6. The normalized spacial score (nSPS) is 11.8. The molecular weight excluding hydrogens is 316 g/mol. The highest BCUT2D eigenvalue weighted by atomic mass is 16.5. The van der Waals surface area contributed by atoms with Gasteiger partial charge in [0.05, 0.1) is 18.8 Å². The van der Waals surface area contributed by atoms with Crippen molar-refractivity contribution in [2.24, 2.45) is 0 Å². The fourth-order valence-electron chi connectivity index (χ4n) is 2.61. The smallest absolute Gasteiger partial charge is 0.251 e. The zero-order valence-corrected chi connectivity index (χ0v) is 14.2. The lowest BCUT2D eigenvalue weighted by Gasteiger charge is -2.18. The maximum absolute atomic E-state index is 12.5. The molecule has 6 heteroatoms. The van der Waals surface area contributed by atoms with Gasteiger partial charge in [-0.15, -0.1) is 0 Å². The first-order chi connectivity index (χ1) is 12.2. The fourth-order valence-corrected chi connectivity index (χ4v) is 2.61. The molecule has 0 saturated carbocycles. The first kappa shape index (κ1) is 16.7. The number of hydrogen-bond donors (Lipinski definition) is 1. The summed E-state index contributed by atoms with van der Waals surface area (Å²) in [6.45, 7) is 2.04. The Morgan fingerprint density at radius 3 is 2.44 bits per heavy atom. The summed E-state index contributed by atoms with van der Waals surface area (Å²) in [5.74, 6) is 0.696. The summed E-state index contributed by atoms with van der Waals surface area (Å²) in [5.41, 5.74) is 2.52. The number of methoxy groups -OCH3 is 1. The lowest BCUT2D eigenvalue weighted by Crippen LogP contribution is -2.28. The highest BCUT2D eigenvalue weighted by molar-refractivity contribution is 5.94. The molecule has 0 fully saturated rings. The van der Waals surface area contributed by atoms with E-state index >= 15 is 0 Å². The van der Waals surface area contributed by atoms with Gasteiger partial charge >= 0.3 is 0 Å². The van der Waals surface area contributed by atoms with Crippen molar-refractivity contribution < 1.29 is 9.53 Å². The van der Waals surface area contributed by atoms with Crippen LogP contribution in [0.15, 0.2) is 61.2 Å². The van der Waals surface area contributed by atoms with Crippen molar-refractivity contribution in [3.63, 3.8) is 0 Å². The Morgan fingerprint density at radius 1 is 1.16 bits per heavy atom. The van der Waals surface area contributed by atoms with Crippen LogP contribution in [0.5, 0.6) is 5.75 Å². The first-order valence-corrected chi connectivity index (χ1v) is 8.11. The predicted molar refractivity (Wildman–Crippen MR) is 94.9 cm³/mol. The Kier molecular flexibility index (Phi) is 5.09. The minimum absolute atomic E-state index is 0.0478. The molecule has 1 atom stereocenters. The molecule has 1 aromatic heterocycles. The number of carbonyl (C=O) groups excluding carboxylic acids is 1. The number of aromatic nitrogens is 3. The lowest BCUT2D eigenvalue weighted by molar-refractivity contribution is 0.0935. The van der Waals surface area contributed by atoms with Crippen molar-refractivity contribution in [3.05, 3.63) is 72.3 Å². The van der Waals surface area contributed by atoms with Crippen molar-refractivity contribution >= 4 is 5.91 Å². The largest absolute Gasteiger partial charge is 0.497 e. The molecule has 1 amide bonds. The van der Waals surface area contributed by atoms with Crippen molar-refractivity contribution in [3.8, 4) is 11.4 Å². The molecular formula is C19H20N4O2. The maximum atomic E-state index is 12.5. The van der Waals surface area contributed by atoms with Crippen LogP contribution >= 0.6 is 0 Å². The van der Waals surface area contributed by atoms with Crippen LogP contribution in [0.4, 0.5) is 0 Å². The van der Waals surface area contributed by atoms with Crippen molar-refractivity contribution in [1.82, 2.24) is 20.1 Å². The Bertz CT molecular complexity index is 812. The van der Waals surface area contributed by atoms with Crippen LogP contribution in [0.25, 0.3) is 5.69 Å². The van der Waals surface area contributed by atoms with Crippen LogP contribution in [0.1, 0.15) is 35.3 Å². The molecule has 1 unspecified atom stereocenters. The van der Waals surface area contributed by atoms with E-state index in [2.05, 4.69) is 15.4 Å². The number of ether oxygens (including phenoxy) is 1. The summed E-state index contributed by atoms with van der Waals surface area (Å²) >= 11 is 0. The molecule has 0 radical (unpaired) electrons. The van der Waals surface area contributed by atoms with E-state index in [-0.39, 0.29) is 11.9 Å². The van der Waals surface area contributed by atoms with Crippen molar-refractivity contribution in [1.29, 1.82) is 0 Å². The molecule has 2 aromatic carbocycles. The van der Waals surface area contributed by atoms with Crippen molar-refractivity contribution in [2.75, 3.05) is 7.11 Å². The van der Waals surface area contributed by atoms with Gasteiger partial charge in [-0.1, -0.05) is 19.1 Å². The van der Waals surface area contributed by atoms with E-state index in [1.165, 1.54) is 6.33 Å². The summed E-state index contributed by atoms with van der Waals surface area (Å²) in [7, 11) is 1.64. The van der Waals surface area contributed by atoms with Crippen LogP contribution in [0.2, 0.25) is 0 Å². The minimum Gasteiger partial charge on any atom is -0.497 e. The summed E-state index contributed by atoms with van der Waals surface area (Å²) in [6.07, 6.45) is 3.89. The van der Waals surface area contributed by atoms with Gasteiger partial charge in [-0.2, -0.15) is 5.10 Å². The van der Waals surface area contributed by atoms with Crippen LogP contribution in [0, 0.1) is 0 Å². The molecule has 0 aliphatic rings. The number of nitrogens with zero attached hydrogens (tertiary/aromatic N) is 3. The average molecular weight is 336 g/mol. The van der Waals surface area contributed by atoms with E-state index in [0.717, 1.165) is 23.4 Å². The van der Waals surface area contributed by atoms with Crippen LogP contribution in [-0.4, -0.2) is 27.8 Å². The summed E-state index contributed by atoms with van der Waals surface area (Å²) in [4.78, 5) is 16.5. The number of benzene rings is 2. The van der Waals surface area contributed by atoms with E-state index in [9.17, 15) is 4.79 Å². The van der Waals surface area contributed by atoms with Gasteiger partial charge in [-0.05, 0) is 48.4 Å². The molecule has 0 spiro atoms. The minimum atomic E-state index is -0.104. The molecule has 3 aromatic rings. The highest BCUT2D eigenvalue weighted by Crippen LogP contribution is 2.20. The number of nitrogens with one attached hydrogen (secondary N) is 1. The van der Waals surface area contributed by atoms with E-state index in [1.54, 1.807) is 30.3 Å². The number of carbonyl (C=O) groups is 1. The molecule has 128 valence electrons. The third-order valence-electron chi connectivity index (χ3n) is 4.04. The lowest BCUT2D eigenvalue weighted by atomic mass is 10.0. The molecule has 1 heterocycles. The summed E-state index contributed by atoms with van der Waals surface area (Å²) < 4.78 is 6.82. The standard InChI is InChI=1S/C19H20N4O2/c1-3-18(14-6-10-17(25-2)11-7-14)22-19(24)15-4-8-16(9-5-15)23-13-20-12-21-23/h4-13,18H,3H2,1-2H3,(H,22,24). The van der Waals surface area contributed by atoms with E-state index in [1.807, 2.05) is 43.3 Å². The van der Waals surface area contributed by atoms with Crippen LogP contribution in [0.3, 0.4) is 0 Å². The van der Waals surface area contributed by atoms with E-state index < -0.39 is 0 Å². The average Bonchev–Trinajstić information content (AvgIpc) is 3.21. The molecule has 1 N–H and O–H groups in total. The molecule has 0 aliphatic heterocycles. The molecule has 6 nitrogen and oxygen atoms in total. The van der Waals surface area contributed by atoms with Gasteiger partial charge in [-0.25, -0.2) is 9.67 Å². The monoisotopic (exact) mass is 336 g/mol. The van der Waals surface area contributed by atoms with Gasteiger partial charge < -0.3 is 10.1 Å². The summed E-state index contributed by atoms with van der Waals surface area (Å²) in [6, 6.07) is 15.0. The zero-order valence-electron chi connectivity index (χ0n) is 14.2.